The molecule has 0 saturated heterocycles. The maximum Gasteiger partial charge on any atom is 0.245 e. The Bertz CT molecular complexity index is 1540. The van der Waals surface area contributed by atoms with Crippen LogP contribution in [0.3, 0.4) is 0 Å². The van der Waals surface area contributed by atoms with E-state index in [1.807, 2.05) is 6.92 Å². The quantitative estimate of drug-likeness (QED) is 0.0199. The molecular formula is C51H88N6O19. The molecule has 0 aliphatic rings. The van der Waals surface area contributed by atoms with E-state index in [0.29, 0.717) is 45.5 Å². The number of carbonyl (C=O) groups excluding carboxylic acids is 6. The fourth-order valence-electron chi connectivity index (χ4n) is 5.79. The Labute approximate surface area is 448 Å². The van der Waals surface area contributed by atoms with Crippen LogP contribution in [0, 0.1) is 16.7 Å². The summed E-state index contributed by atoms with van der Waals surface area (Å²) in [6, 6.07) is 0. The van der Waals surface area contributed by atoms with Gasteiger partial charge in [-0.2, -0.15) is 0 Å². The number of rotatable bonds is 51. The number of hydrogen-bond donors (Lipinski definition) is 9. The molecule has 0 bridgehead atoms. The Hall–Kier alpha value is -5.26. The van der Waals surface area contributed by atoms with E-state index in [9.17, 15) is 44.1 Å². The number of carbonyl (C=O) groups is 6. The van der Waals surface area contributed by atoms with Gasteiger partial charge in [0.25, 0.3) is 0 Å². The molecule has 0 spiro atoms. The normalized spacial score (nSPS) is 12.9. The van der Waals surface area contributed by atoms with Crippen LogP contribution in [0.4, 0.5) is 0 Å². The minimum atomic E-state index is -0.801. The number of amides is 6. The second-order valence-corrected chi connectivity index (χ2v) is 16.8. The minimum absolute atomic E-state index is 0.0144. The van der Waals surface area contributed by atoms with Crippen molar-refractivity contribution in [3.63, 3.8) is 0 Å². The van der Waals surface area contributed by atoms with Crippen LogP contribution < -0.4 is 31.9 Å². The molecule has 0 radical (unpaired) electrons. The van der Waals surface area contributed by atoms with Gasteiger partial charge in [-0.15, -0.1) is 0 Å². The van der Waals surface area contributed by atoms with Crippen LogP contribution in [0.25, 0.3) is 0 Å². The van der Waals surface area contributed by atoms with E-state index in [1.165, 1.54) is 18.2 Å². The molecule has 76 heavy (non-hydrogen) atoms. The summed E-state index contributed by atoms with van der Waals surface area (Å²) < 4.78 is 56.1. The maximum absolute atomic E-state index is 11.2. The van der Waals surface area contributed by atoms with Gasteiger partial charge in [0.05, 0.1) is 117 Å². The lowest BCUT2D eigenvalue weighted by molar-refractivity contribution is -0.119. The molecule has 3 unspecified atom stereocenters. The zero-order chi connectivity index (χ0) is 57.1. The molecule has 0 fully saturated rings. The Morgan fingerprint density at radius 2 is 0.737 bits per heavy atom. The van der Waals surface area contributed by atoms with Crippen LogP contribution in [0.2, 0.25) is 0 Å². The molecule has 9 N–H and O–H groups in total. The number of aliphatic hydroxyl groups is 3. The molecule has 0 aromatic carbocycles. The second kappa shape index (κ2) is 49.3. The third kappa shape index (κ3) is 41.9. The van der Waals surface area contributed by atoms with Gasteiger partial charge < -0.3 is 94.6 Å². The molecular weight excluding hydrogens is 1000 g/mol. The summed E-state index contributed by atoms with van der Waals surface area (Å²) in [4.78, 5) is 67.1. The first-order valence-corrected chi connectivity index (χ1v) is 24.6. The van der Waals surface area contributed by atoms with Crippen molar-refractivity contribution < 1.29 is 91.5 Å². The third-order valence-corrected chi connectivity index (χ3v) is 10.2. The van der Waals surface area contributed by atoms with Crippen molar-refractivity contribution in [2.75, 3.05) is 159 Å². The van der Waals surface area contributed by atoms with Crippen molar-refractivity contribution >= 4 is 35.4 Å². The molecule has 25 nitrogen and oxygen atoms in total. The van der Waals surface area contributed by atoms with Gasteiger partial charge in [-0.3, -0.25) is 28.8 Å². The first-order chi connectivity index (χ1) is 36.6. The number of hydrogen-bond acceptors (Lipinski definition) is 19. The third-order valence-electron chi connectivity index (χ3n) is 10.2. The monoisotopic (exact) mass is 1090 g/mol. The molecule has 6 amide bonds. The average Bonchev–Trinajstić information content (AvgIpc) is 3.42. The highest BCUT2D eigenvalue weighted by Crippen LogP contribution is 2.25. The second-order valence-electron chi connectivity index (χ2n) is 16.8. The average molecular weight is 1090 g/mol. The predicted octanol–water partition coefficient (Wildman–Crippen LogP) is -1.05. The standard InChI is InChI=1S/C30H53N3O12.C21H35N3O7/c1-5-27(37)31-21-43-15-24(13-34)14-42-20-30(8-4,18-40-11-9-25(35)16-44-22-32-28(38)6-2)19-41-12-10-26(36)17-45-23-33-29(39)7-3;1-5-18(25)22-8-11-29-15-21(14-28-4,16-30-12-9-23-19(26)6-2)17-31-13-10-24-20(27)7-3/h5-7,24-26,34-36H,1-3,8-23H2,4H3,(H,31,37)(H,32,38)(H,33,39);5-7H,1-3,8-17H2,4H3,(H,22,25)(H,23,26)(H,24,27). The van der Waals surface area contributed by atoms with E-state index >= 15 is 0 Å². The summed E-state index contributed by atoms with van der Waals surface area (Å²) in [6.45, 7) is 26.3. The molecule has 0 aromatic heterocycles. The summed E-state index contributed by atoms with van der Waals surface area (Å²) in [5.41, 5.74) is -1.20. The molecule has 0 rings (SSSR count). The van der Waals surface area contributed by atoms with Gasteiger partial charge in [-0.05, 0) is 55.7 Å². The molecule has 436 valence electrons. The number of aliphatic hydroxyl groups excluding tert-OH is 3. The van der Waals surface area contributed by atoms with E-state index in [4.69, 9.17) is 47.4 Å². The molecule has 25 heteroatoms. The van der Waals surface area contributed by atoms with E-state index in [2.05, 4.69) is 71.4 Å². The van der Waals surface area contributed by atoms with Crippen molar-refractivity contribution in [1.29, 1.82) is 0 Å². The highest BCUT2D eigenvalue weighted by molar-refractivity contribution is 5.88. The Morgan fingerprint density at radius 3 is 1.07 bits per heavy atom. The Balaban J connectivity index is 0. The van der Waals surface area contributed by atoms with Crippen molar-refractivity contribution in [2.24, 2.45) is 16.7 Å². The van der Waals surface area contributed by atoms with Crippen LogP contribution >= 0.6 is 0 Å². The first-order valence-electron chi connectivity index (χ1n) is 24.6. The van der Waals surface area contributed by atoms with Gasteiger partial charge in [-0.25, -0.2) is 0 Å². The van der Waals surface area contributed by atoms with Crippen molar-refractivity contribution in [3.8, 4) is 0 Å². The largest absolute Gasteiger partial charge is 0.396 e. The fraction of sp³-hybridized carbons (Fsp3) is 0.647. The molecule has 0 aromatic rings. The lowest BCUT2D eigenvalue weighted by Crippen LogP contribution is -2.43. The van der Waals surface area contributed by atoms with Crippen molar-refractivity contribution in [1.82, 2.24) is 31.9 Å². The van der Waals surface area contributed by atoms with Crippen LogP contribution in [-0.2, 0) is 76.1 Å². The molecule has 3 atom stereocenters. The van der Waals surface area contributed by atoms with Crippen LogP contribution in [-0.4, -0.2) is 222 Å². The van der Waals surface area contributed by atoms with Gasteiger partial charge >= 0.3 is 0 Å². The van der Waals surface area contributed by atoms with E-state index in [1.54, 1.807) is 7.11 Å². The number of nitrogens with one attached hydrogen (secondary N) is 6. The summed E-state index contributed by atoms with van der Waals surface area (Å²) in [7, 11) is 1.56. The van der Waals surface area contributed by atoms with Gasteiger partial charge in [0.15, 0.2) is 0 Å². The van der Waals surface area contributed by atoms with Crippen LogP contribution in [0.1, 0.15) is 26.2 Å². The van der Waals surface area contributed by atoms with Crippen LogP contribution in [0.5, 0.6) is 0 Å². The molecule has 0 heterocycles. The van der Waals surface area contributed by atoms with Gasteiger partial charge in [0, 0.05) is 51.3 Å². The Kier molecular flexibility index (Phi) is 47.3. The summed E-state index contributed by atoms with van der Waals surface area (Å²) in [5, 5.41) is 45.3. The van der Waals surface area contributed by atoms with Gasteiger partial charge in [0.1, 0.15) is 20.2 Å². The minimum Gasteiger partial charge on any atom is -0.396 e. The van der Waals surface area contributed by atoms with Crippen molar-refractivity contribution in [2.45, 2.75) is 38.4 Å². The van der Waals surface area contributed by atoms with E-state index in [0.717, 1.165) is 18.2 Å². The maximum atomic E-state index is 11.2. The van der Waals surface area contributed by atoms with E-state index in [-0.39, 0.29) is 167 Å². The summed E-state index contributed by atoms with van der Waals surface area (Å²) in [6.07, 6.45) is 6.54. The van der Waals surface area contributed by atoms with Gasteiger partial charge in [-0.1, -0.05) is 46.4 Å². The predicted molar refractivity (Wildman–Crippen MR) is 281 cm³/mol. The summed E-state index contributed by atoms with van der Waals surface area (Å²) in [5.74, 6) is -2.28. The van der Waals surface area contributed by atoms with Crippen LogP contribution in [0.15, 0.2) is 75.9 Å². The smallest absolute Gasteiger partial charge is 0.245 e. The summed E-state index contributed by atoms with van der Waals surface area (Å²) >= 11 is 0. The lowest BCUT2D eigenvalue weighted by Gasteiger charge is -2.33. The zero-order valence-corrected chi connectivity index (χ0v) is 44.7. The highest BCUT2D eigenvalue weighted by atomic mass is 16.5. The number of methoxy groups -OCH3 is 1. The zero-order valence-electron chi connectivity index (χ0n) is 44.7. The number of ether oxygens (including phenoxy) is 10. The SMILES string of the molecule is C=CC(=O)NCCOCC(COC)(COCCNC(=O)C=C)COCCNC(=O)C=C.C=CC(=O)NCOCC(O)CCOCC(CC)(COCCC(O)COCNC(=O)C=C)COCC(CO)COCNC(=O)C=C. The van der Waals surface area contributed by atoms with Crippen molar-refractivity contribution in [3.05, 3.63) is 75.9 Å². The molecule has 0 aliphatic heterocycles. The highest BCUT2D eigenvalue weighted by Gasteiger charge is 2.33. The molecule has 0 aliphatic carbocycles. The first kappa shape index (κ1) is 72.8. The molecule has 0 saturated carbocycles. The topological polar surface area (TPSA) is 328 Å². The fourth-order valence-corrected chi connectivity index (χ4v) is 5.79. The lowest BCUT2D eigenvalue weighted by atomic mass is 9.88. The van der Waals surface area contributed by atoms with E-state index < -0.39 is 23.0 Å². The van der Waals surface area contributed by atoms with Gasteiger partial charge in [0.2, 0.25) is 35.4 Å². The Morgan fingerprint density at radius 1 is 0.434 bits per heavy atom.